The monoisotopic (exact) mass is 304 g/mol. The molecule has 20 heavy (non-hydrogen) atoms. The summed E-state index contributed by atoms with van der Waals surface area (Å²) >= 11 is 0. The van der Waals surface area contributed by atoms with Gasteiger partial charge < -0.3 is 14.5 Å². The van der Waals surface area contributed by atoms with Gasteiger partial charge in [-0.25, -0.2) is 12.7 Å². The van der Waals surface area contributed by atoms with Gasteiger partial charge in [-0.15, -0.1) is 0 Å². The zero-order chi connectivity index (χ0) is 15.2. The summed E-state index contributed by atoms with van der Waals surface area (Å²) in [7, 11) is -0.533. The molecule has 0 saturated carbocycles. The molecule has 1 aromatic rings. The van der Waals surface area contributed by atoms with E-state index in [0.29, 0.717) is 18.9 Å². The van der Waals surface area contributed by atoms with Crippen molar-refractivity contribution < 1.29 is 17.6 Å². The van der Waals surface area contributed by atoms with Crippen LogP contribution in [-0.2, 0) is 21.3 Å². The van der Waals surface area contributed by atoms with E-state index in [-0.39, 0.29) is 11.2 Å². The minimum atomic E-state index is -3.49. The molecule has 116 valence electrons. The van der Waals surface area contributed by atoms with Crippen molar-refractivity contribution in [3.63, 3.8) is 0 Å². The first-order valence-corrected chi connectivity index (χ1v) is 8.11. The van der Waals surface area contributed by atoms with Crippen LogP contribution in [0.2, 0.25) is 0 Å². The molecule has 7 heteroatoms. The zero-order valence-electron chi connectivity index (χ0n) is 12.5. The summed E-state index contributed by atoms with van der Waals surface area (Å²) in [5.74, 6) is 0.607. The number of nitrogens with one attached hydrogen (secondary N) is 1. The fourth-order valence-electron chi connectivity index (χ4n) is 1.50. The van der Waals surface area contributed by atoms with Gasteiger partial charge in [0.1, 0.15) is 5.76 Å². The maximum absolute atomic E-state index is 11.8. The van der Waals surface area contributed by atoms with Gasteiger partial charge in [0.05, 0.1) is 12.6 Å². The number of hydrogen-bond donors (Lipinski definition) is 1. The Bertz CT molecular complexity index is 494. The third-order valence-electron chi connectivity index (χ3n) is 2.62. The first-order chi connectivity index (χ1) is 9.34. The van der Waals surface area contributed by atoms with E-state index in [1.54, 1.807) is 6.07 Å². The van der Waals surface area contributed by atoms with Gasteiger partial charge in [-0.3, -0.25) is 0 Å². The standard InChI is InChI=1S/C13H24N2O4S/c1-11(2)18-9-5-8-14-10-12-6-7-13(19-12)20(16,17)15(3)4/h6-7,11,14H,5,8-10H2,1-4H3. The molecule has 0 aliphatic rings. The summed E-state index contributed by atoms with van der Waals surface area (Å²) < 4.78 is 35.5. The number of ether oxygens (including phenoxy) is 1. The Morgan fingerprint density at radius 3 is 2.65 bits per heavy atom. The molecule has 0 amide bonds. The van der Waals surface area contributed by atoms with Gasteiger partial charge in [0.25, 0.3) is 10.0 Å². The van der Waals surface area contributed by atoms with Crippen LogP contribution in [-0.4, -0.2) is 46.1 Å². The lowest BCUT2D eigenvalue weighted by atomic mass is 10.4. The quantitative estimate of drug-likeness (QED) is 0.699. The SMILES string of the molecule is CC(C)OCCCNCc1ccc(S(=O)(=O)N(C)C)o1. The minimum absolute atomic E-state index is 0.0255. The number of rotatable bonds is 9. The molecule has 1 rings (SSSR count). The molecule has 0 spiro atoms. The summed E-state index contributed by atoms with van der Waals surface area (Å²) in [6.45, 7) is 6.02. The van der Waals surface area contributed by atoms with Crippen molar-refractivity contribution in [1.82, 2.24) is 9.62 Å². The Morgan fingerprint density at radius 2 is 2.05 bits per heavy atom. The van der Waals surface area contributed by atoms with E-state index in [1.807, 2.05) is 13.8 Å². The van der Waals surface area contributed by atoms with Gasteiger partial charge >= 0.3 is 0 Å². The number of furan rings is 1. The molecule has 1 aromatic heterocycles. The van der Waals surface area contributed by atoms with E-state index in [2.05, 4.69) is 5.32 Å². The summed E-state index contributed by atoms with van der Waals surface area (Å²) in [5.41, 5.74) is 0. The van der Waals surface area contributed by atoms with Crippen molar-refractivity contribution in [2.24, 2.45) is 0 Å². The Labute approximate surface area is 121 Å². The van der Waals surface area contributed by atoms with Crippen molar-refractivity contribution in [3.8, 4) is 0 Å². The van der Waals surface area contributed by atoms with Crippen LogP contribution >= 0.6 is 0 Å². The van der Waals surface area contributed by atoms with E-state index < -0.39 is 10.0 Å². The highest BCUT2D eigenvalue weighted by atomic mass is 32.2. The van der Waals surface area contributed by atoms with Crippen LogP contribution in [0.3, 0.4) is 0 Å². The average Bonchev–Trinajstić information content (AvgIpc) is 2.82. The lowest BCUT2D eigenvalue weighted by Crippen LogP contribution is -2.21. The maximum atomic E-state index is 11.8. The third kappa shape index (κ3) is 5.24. The first-order valence-electron chi connectivity index (χ1n) is 6.67. The zero-order valence-corrected chi connectivity index (χ0v) is 13.4. The van der Waals surface area contributed by atoms with Crippen LogP contribution in [0.15, 0.2) is 21.6 Å². The van der Waals surface area contributed by atoms with Crippen molar-refractivity contribution in [2.75, 3.05) is 27.2 Å². The number of sulfonamides is 1. The Kier molecular flexibility index (Phi) is 6.67. The molecule has 0 radical (unpaired) electrons. The Morgan fingerprint density at radius 1 is 1.35 bits per heavy atom. The molecule has 0 aliphatic heterocycles. The largest absolute Gasteiger partial charge is 0.447 e. The number of nitrogens with zero attached hydrogens (tertiary/aromatic N) is 1. The van der Waals surface area contributed by atoms with Crippen LogP contribution in [0.25, 0.3) is 0 Å². The normalized spacial score (nSPS) is 12.5. The topological polar surface area (TPSA) is 71.8 Å². The average molecular weight is 304 g/mol. The van der Waals surface area contributed by atoms with E-state index >= 15 is 0 Å². The van der Waals surface area contributed by atoms with Gasteiger partial charge in [0, 0.05) is 20.7 Å². The maximum Gasteiger partial charge on any atom is 0.275 e. The van der Waals surface area contributed by atoms with Crippen LogP contribution < -0.4 is 5.32 Å². The van der Waals surface area contributed by atoms with Crippen LogP contribution in [0, 0.1) is 0 Å². The highest BCUT2D eigenvalue weighted by Gasteiger charge is 2.21. The highest BCUT2D eigenvalue weighted by Crippen LogP contribution is 2.16. The van der Waals surface area contributed by atoms with Crippen LogP contribution in [0.1, 0.15) is 26.0 Å². The lowest BCUT2D eigenvalue weighted by molar-refractivity contribution is 0.0770. The van der Waals surface area contributed by atoms with Crippen molar-refractivity contribution in [3.05, 3.63) is 17.9 Å². The van der Waals surface area contributed by atoms with Gasteiger partial charge in [-0.2, -0.15) is 0 Å². The van der Waals surface area contributed by atoms with E-state index in [9.17, 15) is 8.42 Å². The summed E-state index contributed by atoms with van der Waals surface area (Å²) in [6, 6.07) is 3.15. The van der Waals surface area contributed by atoms with E-state index in [4.69, 9.17) is 9.15 Å². The second-order valence-corrected chi connectivity index (χ2v) is 7.04. The molecule has 0 bridgehead atoms. The minimum Gasteiger partial charge on any atom is -0.447 e. The Balaban J connectivity index is 2.35. The predicted octanol–water partition coefficient (Wildman–Crippen LogP) is 1.43. The van der Waals surface area contributed by atoms with Gasteiger partial charge in [-0.05, 0) is 38.9 Å². The number of hydrogen-bond acceptors (Lipinski definition) is 5. The van der Waals surface area contributed by atoms with Crippen LogP contribution in [0.4, 0.5) is 0 Å². The smallest absolute Gasteiger partial charge is 0.275 e. The Hall–Kier alpha value is -0.890. The fourth-order valence-corrected chi connectivity index (χ4v) is 2.31. The fraction of sp³-hybridized carbons (Fsp3) is 0.692. The third-order valence-corrected chi connectivity index (χ3v) is 4.31. The molecular weight excluding hydrogens is 280 g/mol. The summed E-state index contributed by atoms with van der Waals surface area (Å²) in [6.07, 6.45) is 1.15. The van der Waals surface area contributed by atoms with Gasteiger partial charge in [0.15, 0.2) is 0 Å². The summed E-state index contributed by atoms with van der Waals surface area (Å²) in [5, 5.41) is 3.16. The molecule has 0 saturated heterocycles. The molecule has 1 heterocycles. The molecule has 0 atom stereocenters. The van der Waals surface area contributed by atoms with Gasteiger partial charge in [-0.1, -0.05) is 0 Å². The highest BCUT2D eigenvalue weighted by molar-refractivity contribution is 7.88. The van der Waals surface area contributed by atoms with Crippen molar-refractivity contribution >= 4 is 10.0 Å². The van der Waals surface area contributed by atoms with Crippen molar-refractivity contribution in [2.45, 2.75) is 38.0 Å². The van der Waals surface area contributed by atoms with Gasteiger partial charge in [0.2, 0.25) is 5.09 Å². The molecular formula is C13H24N2O4S. The molecule has 0 aliphatic carbocycles. The van der Waals surface area contributed by atoms with Crippen molar-refractivity contribution in [1.29, 1.82) is 0 Å². The van der Waals surface area contributed by atoms with Crippen LogP contribution in [0.5, 0.6) is 0 Å². The molecule has 1 N–H and O–H groups in total. The molecule has 6 nitrogen and oxygen atoms in total. The van der Waals surface area contributed by atoms with E-state index in [0.717, 1.165) is 17.3 Å². The lowest BCUT2D eigenvalue weighted by Gasteiger charge is -2.08. The second-order valence-electron chi connectivity index (χ2n) is 4.96. The first kappa shape index (κ1) is 17.2. The second kappa shape index (κ2) is 7.78. The summed E-state index contributed by atoms with van der Waals surface area (Å²) in [4.78, 5) is 0. The molecule has 0 aromatic carbocycles. The van der Waals surface area contributed by atoms with E-state index in [1.165, 1.54) is 20.2 Å². The predicted molar refractivity (Wildman–Crippen MR) is 77.0 cm³/mol. The molecule has 0 unspecified atom stereocenters. The molecule has 0 fully saturated rings.